The quantitative estimate of drug-likeness (QED) is 0.778. The summed E-state index contributed by atoms with van der Waals surface area (Å²) in [6.45, 7) is 5.63. The summed E-state index contributed by atoms with van der Waals surface area (Å²) in [5.41, 5.74) is -0.598. The van der Waals surface area contributed by atoms with E-state index in [1.165, 1.54) is 6.42 Å². The zero-order valence-corrected chi connectivity index (χ0v) is 11.8. The maximum absolute atomic E-state index is 11.9. The highest BCUT2D eigenvalue weighted by Crippen LogP contribution is 2.32. The first-order valence-electron chi connectivity index (χ1n) is 6.82. The molecular formula is C15H25NO2. The van der Waals surface area contributed by atoms with E-state index >= 15 is 0 Å². The van der Waals surface area contributed by atoms with E-state index in [4.69, 9.17) is 11.2 Å². The summed E-state index contributed by atoms with van der Waals surface area (Å²) < 4.78 is 5.34. The topological polar surface area (TPSA) is 38.3 Å². The predicted octanol–water partition coefficient (Wildman–Crippen LogP) is 3.63. The number of ether oxygens (including phenoxy) is 1. The van der Waals surface area contributed by atoms with Gasteiger partial charge in [-0.05, 0) is 40.0 Å². The summed E-state index contributed by atoms with van der Waals surface area (Å²) in [6, 6.07) is 0. The molecule has 1 aliphatic carbocycles. The monoisotopic (exact) mass is 251 g/mol. The third-order valence-corrected chi connectivity index (χ3v) is 3.32. The number of amides is 1. The first kappa shape index (κ1) is 14.9. The number of nitrogens with one attached hydrogen (secondary N) is 1. The molecule has 18 heavy (non-hydrogen) atoms. The van der Waals surface area contributed by atoms with Gasteiger partial charge in [0.25, 0.3) is 0 Å². The van der Waals surface area contributed by atoms with E-state index in [-0.39, 0.29) is 11.6 Å². The largest absolute Gasteiger partial charge is 0.444 e. The smallest absolute Gasteiger partial charge is 0.408 e. The van der Waals surface area contributed by atoms with E-state index < -0.39 is 5.60 Å². The molecule has 0 unspecified atom stereocenters. The van der Waals surface area contributed by atoms with E-state index in [0.29, 0.717) is 6.42 Å². The fourth-order valence-electron chi connectivity index (χ4n) is 2.50. The molecule has 0 bridgehead atoms. The van der Waals surface area contributed by atoms with Crippen molar-refractivity contribution in [1.29, 1.82) is 0 Å². The number of rotatable bonds is 3. The van der Waals surface area contributed by atoms with Crippen molar-refractivity contribution in [3.8, 4) is 12.3 Å². The highest BCUT2D eigenvalue weighted by Gasteiger charge is 2.34. The molecule has 0 aromatic rings. The Labute approximate surface area is 111 Å². The van der Waals surface area contributed by atoms with Crippen LogP contribution >= 0.6 is 0 Å². The van der Waals surface area contributed by atoms with Crippen LogP contribution in [-0.4, -0.2) is 17.2 Å². The maximum atomic E-state index is 11.9. The Morgan fingerprint density at radius 2 is 1.94 bits per heavy atom. The first-order chi connectivity index (χ1) is 8.37. The van der Waals surface area contributed by atoms with Gasteiger partial charge in [0.1, 0.15) is 5.60 Å². The molecule has 0 atom stereocenters. The zero-order chi connectivity index (χ0) is 13.6. The van der Waals surface area contributed by atoms with Crippen molar-refractivity contribution in [2.24, 2.45) is 0 Å². The van der Waals surface area contributed by atoms with E-state index in [1.807, 2.05) is 20.8 Å². The van der Waals surface area contributed by atoms with Gasteiger partial charge in [0.15, 0.2) is 0 Å². The molecule has 1 amide bonds. The molecule has 1 N–H and O–H groups in total. The van der Waals surface area contributed by atoms with Gasteiger partial charge >= 0.3 is 6.09 Å². The van der Waals surface area contributed by atoms with Crippen molar-refractivity contribution in [1.82, 2.24) is 5.32 Å². The van der Waals surface area contributed by atoms with Gasteiger partial charge in [0, 0.05) is 12.0 Å². The Morgan fingerprint density at radius 1 is 1.33 bits per heavy atom. The second-order valence-electron chi connectivity index (χ2n) is 6.17. The van der Waals surface area contributed by atoms with E-state index in [9.17, 15) is 4.79 Å². The van der Waals surface area contributed by atoms with Gasteiger partial charge < -0.3 is 10.1 Å². The number of hydrogen-bond donors (Lipinski definition) is 1. The molecule has 102 valence electrons. The van der Waals surface area contributed by atoms with Crippen LogP contribution in [0.15, 0.2) is 0 Å². The Morgan fingerprint density at radius 3 is 2.44 bits per heavy atom. The van der Waals surface area contributed by atoms with Crippen LogP contribution in [0.25, 0.3) is 0 Å². The molecule has 1 aliphatic rings. The summed E-state index contributed by atoms with van der Waals surface area (Å²) in [4.78, 5) is 11.9. The lowest BCUT2D eigenvalue weighted by atomic mass is 9.78. The van der Waals surface area contributed by atoms with Crippen LogP contribution in [-0.2, 0) is 4.74 Å². The normalized spacial score (nSPS) is 18.8. The average Bonchev–Trinajstić information content (AvgIpc) is 2.25. The van der Waals surface area contributed by atoms with Gasteiger partial charge in [-0.2, -0.15) is 0 Å². The van der Waals surface area contributed by atoms with E-state index in [2.05, 4.69) is 11.2 Å². The van der Waals surface area contributed by atoms with Crippen molar-refractivity contribution in [2.75, 3.05) is 0 Å². The minimum atomic E-state index is -0.452. The Bertz CT molecular complexity index is 316. The van der Waals surface area contributed by atoms with Crippen molar-refractivity contribution >= 4 is 6.09 Å². The molecule has 1 fully saturated rings. The number of alkyl carbamates (subject to hydrolysis) is 1. The van der Waals surface area contributed by atoms with Gasteiger partial charge in [-0.1, -0.05) is 19.3 Å². The minimum Gasteiger partial charge on any atom is -0.444 e. The fourth-order valence-corrected chi connectivity index (χ4v) is 2.50. The zero-order valence-electron chi connectivity index (χ0n) is 11.8. The Hall–Kier alpha value is -1.17. The summed E-state index contributed by atoms with van der Waals surface area (Å²) in [5.74, 6) is 2.67. The molecule has 0 radical (unpaired) electrons. The standard InChI is InChI=1S/C15H25NO2/c1-5-6-10-15(11-8-7-9-12-15)16-13(17)18-14(2,3)4/h1H,6-12H2,2-4H3,(H,16,17). The average molecular weight is 251 g/mol. The Kier molecular flexibility index (Phi) is 5.07. The number of carbonyl (C=O) groups excluding carboxylic acids is 1. The molecule has 0 saturated heterocycles. The van der Waals surface area contributed by atoms with Crippen LogP contribution in [0.1, 0.15) is 65.7 Å². The second kappa shape index (κ2) is 6.13. The summed E-state index contributed by atoms with van der Waals surface area (Å²) in [7, 11) is 0. The number of hydrogen-bond acceptors (Lipinski definition) is 2. The second-order valence-corrected chi connectivity index (χ2v) is 6.17. The van der Waals surface area contributed by atoms with Crippen molar-refractivity contribution in [2.45, 2.75) is 76.9 Å². The molecule has 0 spiro atoms. The molecule has 0 heterocycles. The minimum absolute atomic E-state index is 0.146. The third kappa shape index (κ3) is 5.00. The molecule has 0 aliphatic heterocycles. The molecule has 0 aromatic carbocycles. The molecular weight excluding hydrogens is 226 g/mol. The lowest BCUT2D eigenvalue weighted by Gasteiger charge is -2.38. The van der Waals surface area contributed by atoms with Crippen molar-refractivity contribution in [3.05, 3.63) is 0 Å². The number of terminal acetylenes is 1. The fraction of sp³-hybridized carbons (Fsp3) is 0.800. The van der Waals surface area contributed by atoms with Gasteiger partial charge in [-0.25, -0.2) is 4.79 Å². The lowest BCUT2D eigenvalue weighted by molar-refractivity contribution is 0.0417. The molecule has 1 rings (SSSR count). The van der Waals surface area contributed by atoms with Crippen LogP contribution < -0.4 is 5.32 Å². The van der Waals surface area contributed by atoms with Crippen LogP contribution in [0.5, 0.6) is 0 Å². The van der Waals surface area contributed by atoms with Crippen LogP contribution in [0.2, 0.25) is 0 Å². The van der Waals surface area contributed by atoms with Gasteiger partial charge in [-0.15, -0.1) is 12.3 Å². The maximum Gasteiger partial charge on any atom is 0.408 e. The van der Waals surface area contributed by atoms with Crippen molar-refractivity contribution in [3.63, 3.8) is 0 Å². The van der Waals surface area contributed by atoms with Gasteiger partial charge in [0.05, 0.1) is 0 Å². The highest BCUT2D eigenvalue weighted by atomic mass is 16.6. The van der Waals surface area contributed by atoms with Crippen molar-refractivity contribution < 1.29 is 9.53 Å². The first-order valence-corrected chi connectivity index (χ1v) is 6.82. The molecule has 3 nitrogen and oxygen atoms in total. The SMILES string of the molecule is C#CCCC1(NC(=O)OC(C)(C)C)CCCCC1. The van der Waals surface area contributed by atoms with E-state index in [1.54, 1.807) is 0 Å². The number of carbonyl (C=O) groups is 1. The van der Waals surface area contributed by atoms with Crippen LogP contribution in [0.3, 0.4) is 0 Å². The molecule has 0 aromatic heterocycles. The van der Waals surface area contributed by atoms with Gasteiger partial charge in [-0.3, -0.25) is 0 Å². The highest BCUT2D eigenvalue weighted by molar-refractivity contribution is 5.68. The Balaban J connectivity index is 2.61. The van der Waals surface area contributed by atoms with E-state index in [0.717, 1.165) is 32.1 Å². The summed E-state index contributed by atoms with van der Waals surface area (Å²) in [6.07, 6.45) is 12.1. The summed E-state index contributed by atoms with van der Waals surface area (Å²) >= 11 is 0. The third-order valence-electron chi connectivity index (χ3n) is 3.32. The van der Waals surface area contributed by atoms with Crippen LogP contribution in [0.4, 0.5) is 4.79 Å². The summed E-state index contributed by atoms with van der Waals surface area (Å²) in [5, 5.41) is 3.07. The molecule has 3 heteroatoms. The van der Waals surface area contributed by atoms with Gasteiger partial charge in [0.2, 0.25) is 0 Å². The predicted molar refractivity (Wildman–Crippen MR) is 73.3 cm³/mol. The molecule has 1 saturated carbocycles. The van der Waals surface area contributed by atoms with Crippen LogP contribution in [0, 0.1) is 12.3 Å². The lowest BCUT2D eigenvalue weighted by Crippen LogP contribution is -2.51.